The van der Waals surface area contributed by atoms with E-state index in [4.69, 9.17) is 51.1 Å². The molecule has 0 fully saturated rings. The van der Waals surface area contributed by atoms with Gasteiger partial charge in [0.1, 0.15) is 12.4 Å². The van der Waals surface area contributed by atoms with Crippen molar-refractivity contribution in [2.45, 2.75) is 13.2 Å². The number of hydrogen-bond donors (Lipinski definition) is 1. The molecule has 0 amide bonds. The Morgan fingerprint density at radius 1 is 0.857 bits per heavy atom. The van der Waals surface area contributed by atoms with E-state index >= 15 is 0 Å². The van der Waals surface area contributed by atoms with E-state index in [0.29, 0.717) is 39.0 Å². The van der Waals surface area contributed by atoms with Gasteiger partial charge in [-0.25, -0.2) is 0 Å². The lowest BCUT2D eigenvalue weighted by Gasteiger charge is -2.11. The van der Waals surface area contributed by atoms with Crippen molar-refractivity contribution < 1.29 is 4.74 Å². The lowest BCUT2D eigenvalue weighted by molar-refractivity contribution is 0.306. The van der Waals surface area contributed by atoms with Gasteiger partial charge in [-0.15, -0.1) is 0 Å². The van der Waals surface area contributed by atoms with Crippen molar-refractivity contribution in [1.82, 2.24) is 5.43 Å². The Labute approximate surface area is 183 Å². The molecular formula is C21H16Cl4N2O. The van der Waals surface area contributed by atoms with Gasteiger partial charge < -0.3 is 10.2 Å². The Morgan fingerprint density at radius 2 is 1.57 bits per heavy atom. The molecule has 0 aliphatic heterocycles. The van der Waals surface area contributed by atoms with Crippen LogP contribution >= 0.6 is 46.4 Å². The third-order valence-corrected chi connectivity index (χ3v) is 5.24. The first kappa shape index (κ1) is 20.8. The van der Waals surface area contributed by atoms with Crippen LogP contribution < -0.4 is 10.2 Å². The van der Waals surface area contributed by atoms with Crippen LogP contribution in [0.5, 0.6) is 5.75 Å². The molecule has 0 bridgehead atoms. The summed E-state index contributed by atoms with van der Waals surface area (Å²) in [4.78, 5) is 0. The van der Waals surface area contributed by atoms with Crippen LogP contribution in [0.2, 0.25) is 20.1 Å². The molecule has 144 valence electrons. The van der Waals surface area contributed by atoms with Crippen molar-refractivity contribution in [3.05, 3.63) is 97.4 Å². The van der Waals surface area contributed by atoms with Crippen LogP contribution in [0.3, 0.4) is 0 Å². The smallest absolute Gasteiger partial charge is 0.128 e. The number of nitrogens with zero attached hydrogens (tertiary/aromatic N) is 1. The Hall–Kier alpha value is -1.91. The first-order valence-corrected chi connectivity index (χ1v) is 9.90. The molecule has 3 nitrogen and oxygen atoms in total. The SMILES string of the molecule is Clc1ccc(OCc2ccccc2Cl)c(/C=N/NCc2c(Cl)cccc2Cl)c1. The Morgan fingerprint density at radius 3 is 2.32 bits per heavy atom. The molecule has 0 atom stereocenters. The lowest BCUT2D eigenvalue weighted by atomic mass is 10.2. The Bertz CT molecular complexity index is 972. The normalized spacial score (nSPS) is 11.0. The number of rotatable bonds is 7. The van der Waals surface area contributed by atoms with Gasteiger partial charge >= 0.3 is 0 Å². The summed E-state index contributed by atoms with van der Waals surface area (Å²) in [6.45, 7) is 0.732. The molecule has 1 N–H and O–H groups in total. The van der Waals surface area contributed by atoms with Crippen molar-refractivity contribution >= 4 is 52.6 Å². The molecular weight excluding hydrogens is 438 g/mol. The first-order valence-electron chi connectivity index (χ1n) is 8.39. The van der Waals surface area contributed by atoms with Gasteiger partial charge in [0.25, 0.3) is 0 Å². The minimum absolute atomic E-state index is 0.338. The average Bonchev–Trinajstić information content (AvgIpc) is 2.67. The topological polar surface area (TPSA) is 33.6 Å². The first-order chi connectivity index (χ1) is 13.5. The van der Waals surface area contributed by atoms with Gasteiger partial charge in [0.15, 0.2) is 0 Å². The van der Waals surface area contributed by atoms with Crippen molar-refractivity contribution in [2.24, 2.45) is 5.10 Å². The predicted molar refractivity (Wildman–Crippen MR) is 118 cm³/mol. The van der Waals surface area contributed by atoms with E-state index in [1.807, 2.05) is 24.3 Å². The van der Waals surface area contributed by atoms with E-state index in [1.165, 1.54) is 0 Å². The maximum atomic E-state index is 6.18. The number of ether oxygens (including phenoxy) is 1. The monoisotopic (exact) mass is 452 g/mol. The summed E-state index contributed by atoms with van der Waals surface area (Å²) in [5.41, 5.74) is 5.35. The molecule has 0 spiro atoms. The fourth-order valence-corrected chi connectivity index (χ4v) is 3.37. The summed E-state index contributed by atoms with van der Waals surface area (Å²) in [5.74, 6) is 0.644. The molecule has 0 aliphatic rings. The summed E-state index contributed by atoms with van der Waals surface area (Å²) in [6.07, 6.45) is 1.64. The standard InChI is InChI=1S/C21H16Cl4N2O/c22-16-8-9-21(28-13-14-4-1-2-5-18(14)23)15(10-16)11-26-27-12-17-19(24)6-3-7-20(17)25/h1-11,27H,12-13H2/b26-11+. The van der Waals surface area contributed by atoms with Crippen molar-refractivity contribution in [3.8, 4) is 5.75 Å². The number of benzene rings is 3. The van der Waals surface area contributed by atoms with E-state index in [-0.39, 0.29) is 0 Å². The van der Waals surface area contributed by atoms with Crippen LogP contribution in [0.15, 0.2) is 65.8 Å². The lowest BCUT2D eigenvalue weighted by Crippen LogP contribution is -2.07. The van der Waals surface area contributed by atoms with Crippen LogP contribution in [0.25, 0.3) is 0 Å². The summed E-state index contributed by atoms with van der Waals surface area (Å²) in [5, 5.41) is 6.65. The van der Waals surface area contributed by atoms with Crippen molar-refractivity contribution in [2.75, 3.05) is 0 Å². The van der Waals surface area contributed by atoms with Gasteiger partial charge in [-0.3, -0.25) is 0 Å². The van der Waals surface area contributed by atoms with Crippen LogP contribution in [0, 0.1) is 0 Å². The fourth-order valence-electron chi connectivity index (χ4n) is 2.46. The molecule has 28 heavy (non-hydrogen) atoms. The summed E-state index contributed by atoms with van der Waals surface area (Å²) < 4.78 is 5.91. The molecule has 0 aliphatic carbocycles. The highest BCUT2D eigenvalue weighted by Crippen LogP contribution is 2.25. The average molecular weight is 454 g/mol. The summed E-state index contributed by atoms with van der Waals surface area (Å²) in [6, 6.07) is 18.2. The van der Waals surface area contributed by atoms with Gasteiger partial charge in [0.2, 0.25) is 0 Å². The van der Waals surface area contributed by atoms with E-state index in [2.05, 4.69) is 10.5 Å². The van der Waals surface area contributed by atoms with E-state index < -0.39 is 0 Å². The Kier molecular flexibility index (Phi) is 7.46. The molecule has 0 radical (unpaired) electrons. The van der Waals surface area contributed by atoms with Gasteiger partial charge in [-0.2, -0.15) is 5.10 Å². The largest absolute Gasteiger partial charge is 0.488 e. The van der Waals surface area contributed by atoms with Crippen molar-refractivity contribution in [1.29, 1.82) is 0 Å². The number of nitrogens with one attached hydrogen (secondary N) is 1. The highest BCUT2D eigenvalue weighted by Gasteiger charge is 2.07. The summed E-state index contributed by atoms with van der Waals surface area (Å²) in [7, 11) is 0. The van der Waals surface area contributed by atoms with Crippen LogP contribution in [0.1, 0.15) is 16.7 Å². The second kappa shape index (κ2) is 10.0. The Balaban J connectivity index is 1.68. The maximum Gasteiger partial charge on any atom is 0.128 e. The van der Waals surface area contributed by atoms with Crippen LogP contribution in [0.4, 0.5) is 0 Å². The van der Waals surface area contributed by atoms with Gasteiger partial charge in [-0.1, -0.05) is 70.7 Å². The second-order valence-electron chi connectivity index (χ2n) is 5.86. The van der Waals surface area contributed by atoms with E-state index in [9.17, 15) is 0 Å². The molecule has 0 aromatic heterocycles. The number of hydrogen-bond acceptors (Lipinski definition) is 3. The zero-order chi connectivity index (χ0) is 19.9. The molecule has 3 aromatic rings. The van der Waals surface area contributed by atoms with Gasteiger partial charge in [0.05, 0.1) is 12.8 Å². The molecule has 3 aromatic carbocycles. The highest BCUT2D eigenvalue weighted by molar-refractivity contribution is 6.36. The molecule has 0 unspecified atom stereocenters. The fraction of sp³-hybridized carbons (Fsp3) is 0.0952. The predicted octanol–water partition coefficient (Wildman–Crippen LogP) is 7.00. The highest BCUT2D eigenvalue weighted by atomic mass is 35.5. The van der Waals surface area contributed by atoms with Gasteiger partial charge in [0, 0.05) is 36.8 Å². The van der Waals surface area contributed by atoms with Gasteiger partial charge in [-0.05, 0) is 36.4 Å². The maximum absolute atomic E-state index is 6.18. The van der Waals surface area contributed by atoms with E-state index in [0.717, 1.165) is 16.7 Å². The van der Waals surface area contributed by atoms with Crippen LogP contribution in [-0.2, 0) is 13.2 Å². The molecule has 7 heteroatoms. The minimum Gasteiger partial charge on any atom is -0.488 e. The molecule has 0 saturated carbocycles. The number of hydrazone groups is 1. The van der Waals surface area contributed by atoms with Crippen molar-refractivity contribution in [3.63, 3.8) is 0 Å². The third-order valence-electron chi connectivity index (χ3n) is 3.93. The number of halogens is 4. The van der Waals surface area contributed by atoms with E-state index in [1.54, 1.807) is 42.6 Å². The second-order valence-corrected chi connectivity index (χ2v) is 7.51. The summed E-state index contributed by atoms with van der Waals surface area (Å²) >= 11 is 24.6. The third kappa shape index (κ3) is 5.55. The minimum atomic E-state index is 0.338. The molecule has 0 heterocycles. The quantitative estimate of drug-likeness (QED) is 0.308. The zero-order valence-electron chi connectivity index (χ0n) is 14.6. The zero-order valence-corrected chi connectivity index (χ0v) is 17.7. The van der Waals surface area contributed by atoms with Crippen LogP contribution in [-0.4, -0.2) is 6.21 Å². The molecule has 0 saturated heterocycles. The molecule has 3 rings (SSSR count).